The molecule has 1 saturated heterocycles. The second-order valence-electron chi connectivity index (χ2n) is 5.03. The van der Waals surface area contributed by atoms with Crippen LogP contribution in [0.2, 0.25) is 0 Å². The van der Waals surface area contributed by atoms with E-state index in [4.69, 9.17) is 0 Å². The summed E-state index contributed by atoms with van der Waals surface area (Å²) in [5, 5.41) is 10.8. The molecule has 2 aromatic rings. The number of nitrogens with zero attached hydrogens (tertiary/aromatic N) is 2. The van der Waals surface area contributed by atoms with E-state index in [0.29, 0.717) is 0 Å². The zero-order valence-electron chi connectivity index (χ0n) is 10.4. The minimum atomic E-state index is -0.167. The van der Waals surface area contributed by atoms with Crippen LogP contribution in [0.25, 0.3) is 10.9 Å². The minimum absolute atomic E-state index is 0.167. The molecule has 1 N–H and O–H groups in total. The number of para-hydroxylation sites is 1. The van der Waals surface area contributed by atoms with Crippen molar-refractivity contribution in [2.75, 3.05) is 13.1 Å². The molecule has 2 heterocycles. The number of β-amino-alcohol motifs (C(OH)–C–C–N with tert-alkyl or cyclic N) is 1. The van der Waals surface area contributed by atoms with Gasteiger partial charge in [0.05, 0.1) is 17.3 Å². The largest absolute Gasteiger partial charge is 0.392 e. The third kappa shape index (κ3) is 2.52. The molecule has 1 atom stereocenters. The van der Waals surface area contributed by atoms with E-state index in [2.05, 4.69) is 28.1 Å². The average Bonchev–Trinajstić information content (AvgIpc) is 2.39. The SMILES string of the molecule is O[C@H]1CCCN(Cc2ccc3ccccc3n2)C1. The van der Waals surface area contributed by atoms with Crippen molar-refractivity contribution in [2.24, 2.45) is 0 Å². The normalized spacial score (nSPS) is 21.3. The minimum Gasteiger partial charge on any atom is -0.392 e. The van der Waals surface area contributed by atoms with E-state index in [1.54, 1.807) is 0 Å². The predicted molar refractivity (Wildman–Crippen MR) is 72.3 cm³/mol. The Morgan fingerprint density at radius 2 is 2.11 bits per heavy atom. The highest BCUT2D eigenvalue weighted by Crippen LogP contribution is 2.15. The van der Waals surface area contributed by atoms with Gasteiger partial charge in [-0.3, -0.25) is 9.88 Å². The zero-order valence-corrected chi connectivity index (χ0v) is 10.4. The lowest BCUT2D eigenvalue weighted by atomic mass is 10.1. The van der Waals surface area contributed by atoms with Gasteiger partial charge in [-0.15, -0.1) is 0 Å². The number of fused-ring (bicyclic) bond motifs is 1. The van der Waals surface area contributed by atoms with Gasteiger partial charge in [-0.1, -0.05) is 24.3 Å². The Balaban J connectivity index is 1.78. The smallest absolute Gasteiger partial charge is 0.0705 e. The first-order valence-electron chi connectivity index (χ1n) is 6.56. The fourth-order valence-electron chi connectivity index (χ4n) is 2.60. The first-order chi connectivity index (χ1) is 8.81. The molecule has 18 heavy (non-hydrogen) atoms. The summed E-state index contributed by atoms with van der Waals surface area (Å²) in [6.45, 7) is 2.67. The predicted octanol–water partition coefficient (Wildman–Crippen LogP) is 2.19. The van der Waals surface area contributed by atoms with Crippen molar-refractivity contribution in [3.63, 3.8) is 0 Å². The molecule has 0 bridgehead atoms. The Kier molecular flexibility index (Phi) is 3.26. The average molecular weight is 242 g/mol. The maximum Gasteiger partial charge on any atom is 0.0705 e. The Morgan fingerprint density at radius 1 is 1.22 bits per heavy atom. The molecular formula is C15H18N2O. The van der Waals surface area contributed by atoms with Crippen LogP contribution in [0, 0.1) is 0 Å². The van der Waals surface area contributed by atoms with E-state index in [0.717, 1.165) is 43.7 Å². The molecule has 0 amide bonds. The topological polar surface area (TPSA) is 36.4 Å². The molecule has 1 aliphatic rings. The van der Waals surface area contributed by atoms with Crippen LogP contribution in [-0.2, 0) is 6.54 Å². The fourth-order valence-corrected chi connectivity index (χ4v) is 2.60. The van der Waals surface area contributed by atoms with Crippen molar-refractivity contribution in [1.82, 2.24) is 9.88 Å². The van der Waals surface area contributed by atoms with E-state index in [1.165, 1.54) is 5.39 Å². The van der Waals surface area contributed by atoms with E-state index >= 15 is 0 Å². The molecule has 1 aliphatic heterocycles. The van der Waals surface area contributed by atoms with Crippen LogP contribution >= 0.6 is 0 Å². The number of benzene rings is 1. The van der Waals surface area contributed by atoms with Crippen molar-refractivity contribution in [3.05, 3.63) is 42.1 Å². The highest BCUT2D eigenvalue weighted by atomic mass is 16.3. The number of hydrogen-bond acceptors (Lipinski definition) is 3. The number of hydrogen-bond donors (Lipinski definition) is 1. The van der Waals surface area contributed by atoms with Gasteiger partial charge in [-0.25, -0.2) is 0 Å². The highest BCUT2D eigenvalue weighted by Gasteiger charge is 2.17. The fraction of sp³-hybridized carbons (Fsp3) is 0.400. The molecule has 3 nitrogen and oxygen atoms in total. The monoisotopic (exact) mass is 242 g/mol. The number of aliphatic hydroxyl groups excluding tert-OH is 1. The summed E-state index contributed by atoms with van der Waals surface area (Å²) < 4.78 is 0. The summed E-state index contributed by atoms with van der Waals surface area (Å²) >= 11 is 0. The summed E-state index contributed by atoms with van der Waals surface area (Å²) in [4.78, 5) is 6.95. The maximum absolute atomic E-state index is 9.67. The first kappa shape index (κ1) is 11.6. The lowest BCUT2D eigenvalue weighted by Crippen LogP contribution is -2.37. The molecular weight excluding hydrogens is 224 g/mol. The number of piperidine rings is 1. The molecule has 0 spiro atoms. The third-order valence-electron chi connectivity index (χ3n) is 3.52. The second kappa shape index (κ2) is 5.04. The Morgan fingerprint density at radius 3 is 3.00 bits per heavy atom. The van der Waals surface area contributed by atoms with Crippen LogP contribution in [0.15, 0.2) is 36.4 Å². The van der Waals surface area contributed by atoms with Crippen molar-refractivity contribution < 1.29 is 5.11 Å². The quantitative estimate of drug-likeness (QED) is 0.877. The standard InChI is InChI=1S/C15H18N2O/c18-14-5-3-9-17(11-14)10-13-8-7-12-4-1-2-6-15(12)16-13/h1-2,4,6-8,14,18H,3,5,9-11H2/t14-/m0/s1. The summed E-state index contributed by atoms with van der Waals surface area (Å²) in [5.41, 5.74) is 2.13. The van der Waals surface area contributed by atoms with Crippen molar-refractivity contribution in [3.8, 4) is 0 Å². The summed E-state index contributed by atoms with van der Waals surface area (Å²) in [5.74, 6) is 0. The molecule has 3 heteroatoms. The molecule has 1 aromatic carbocycles. The number of aromatic nitrogens is 1. The van der Waals surface area contributed by atoms with Crippen LogP contribution < -0.4 is 0 Å². The Bertz CT molecular complexity index is 541. The number of pyridine rings is 1. The molecule has 1 fully saturated rings. The second-order valence-corrected chi connectivity index (χ2v) is 5.03. The van der Waals surface area contributed by atoms with Crippen molar-refractivity contribution in [1.29, 1.82) is 0 Å². The highest BCUT2D eigenvalue weighted by molar-refractivity contribution is 5.78. The van der Waals surface area contributed by atoms with Gasteiger partial charge in [0.1, 0.15) is 0 Å². The van der Waals surface area contributed by atoms with Crippen LogP contribution in [0.5, 0.6) is 0 Å². The van der Waals surface area contributed by atoms with Gasteiger partial charge in [0.15, 0.2) is 0 Å². The van der Waals surface area contributed by atoms with Gasteiger partial charge in [0.25, 0.3) is 0 Å². The molecule has 0 radical (unpaired) electrons. The summed E-state index contributed by atoms with van der Waals surface area (Å²) in [6, 6.07) is 12.4. The molecule has 3 rings (SSSR count). The van der Waals surface area contributed by atoms with E-state index in [-0.39, 0.29) is 6.10 Å². The third-order valence-corrected chi connectivity index (χ3v) is 3.52. The molecule has 94 valence electrons. The van der Waals surface area contributed by atoms with Crippen molar-refractivity contribution in [2.45, 2.75) is 25.5 Å². The van der Waals surface area contributed by atoms with Crippen LogP contribution in [0.3, 0.4) is 0 Å². The Labute approximate surface area is 107 Å². The lowest BCUT2D eigenvalue weighted by molar-refractivity contribution is 0.0662. The van der Waals surface area contributed by atoms with Gasteiger partial charge in [0.2, 0.25) is 0 Å². The molecule has 1 aromatic heterocycles. The number of aliphatic hydroxyl groups is 1. The first-order valence-corrected chi connectivity index (χ1v) is 6.56. The van der Waals surface area contributed by atoms with Crippen LogP contribution in [0.4, 0.5) is 0 Å². The summed E-state index contributed by atoms with van der Waals surface area (Å²) in [6.07, 6.45) is 1.84. The van der Waals surface area contributed by atoms with E-state index in [1.807, 2.05) is 18.2 Å². The number of likely N-dealkylation sites (tertiary alicyclic amines) is 1. The molecule has 0 saturated carbocycles. The maximum atomic E-state index is 9.67. The van der Waals surface area contributed by atoms with Crippen LogP contribution in [-0.4, -0.2) is 34.2 Å². The van der Waals surface area contributed by atoms with Gasteiger partial charge in [-0.05, 0) is 31.5 Å². The van der Waals surface area contributed by atoms with Crippen molar-refractivity contribution >= 4 is 10.9 Å². The van der Waals surface area contributed by atoms with Crippen LogP contribution in [0.1, 0.15) is 18.5 Å². The number of rotatable bonds is 2. The van der Waals surface area contributed by atoms with Gasteiger partial charge in [-0.2, -0.15) is 0 Å². The van der Waals surface area contributed by atoms with Gasteiger partial charge in [0, 0.05) is 18.5 Å². The van der Waals surface area contributed by atoms with E-state index < -0.39 is 0 Å². The van der Waals surface area contributed by atoms with E-state index in [9.17, 15) is 5.11 Å². The molecule has 0 unspecified atom stereocenters. The van der Waals surface area contributed by atoms with Gasteiger partial charge < -0.3 is 5.11 Å². The summed E-state index contributed by atoms with van der Waals surface area (Å²) in [7, 11) is 0. The lowest BCUT2D eigenvalue weighted by Gasteiger charge is -2.29. The molecule has 0 aliphatic carbocycles. The van der Waals surface area contributed by atoms with Gasteiger partial charge >= 0.3 is 0 Å². The Hall–Kier alpha value is -1.45. The zero-order chi connectivity index (χ0) is 12.4.